The van der Waals surface area contributed by atoms with Crippen LogP contribution in [0.1, 0.15) is 43.8 Å². The zero-order valence-electron chi connectivity index (χ0n) is 20.0. The first kappa shape index (κ1) is 23.9. The van der Waals surface area contributed by atoms with Crippen LogP contribution in [0.5, 0.6) is 5.75 Å². The molecule has 0 bridgehead atoms. The number of anilines is 1. The van der Waals surface area contributed by atoms with E-state index in [4.69, 9.17) is 20.9 Å². The van der Waals surface area contributed by atoms with Crippen LogP contribution in [0.4, 0.5) is 10.3 Å². The molecular formula is C24H24ClFN8O2. The lowest BCUT2D eigenvalue weighted by Crippen LogP contribution is -2.34. The summed E-state index contributed by atoms with van der Waals surface area (Å²) >= 11 is 6.52. The molecule has 1 unspecified atom stereocenters. The average molecular weight is 511 g/mol. The largest absolute Gasteiger partial charge is 0.484 e. The molecule has 1 aromatic carbocycles. The fourth-order valence-corrected chi connectivity index (χ4v) is 4.20. The van der Waals surface area contributed by atoms with E-state index in [1.54, 1.807) is 12.3 Å². The number of rotatable bonds is 7. The molecule has 0 amide bonds. The molecule has 186 valence electrons. The number of nitrogens with zero attached hydrogens (tertiary/aromatic N) is 8. The van der Waals surface area contributed by atoms with Crippen LogP contribution in [0.25, 0.3) is 11.3 Å². The minimum atomic E-state index is -0.538. The van der Waals surface area contributed by atoms with E-state index in [-0.39, 0.29) is 24.2 Å². The van der Waals surface area contributed by atoms with Crippen LogP contribution >= 0.6 is 11.6 Å². The minimum Gasteiger partial charge on any atom is -0.484 e. The van der Waals surface area contributed by atoms with Crippen LogP contribution < -0.4 is 9.64 Å². The van der Waals surface area contributed by atoms with Crippen LogP contribution in [-0.2, 0) is 6.61 Å². The summed E-state index contributed by atoms with van der Waals surface area (Å²) in [7, 11) is 0. The lowest BCUT2D eigenvalue weighted by atomic mass is 9.91. The molecule has 1 atom stereocenters. The number of aromatic nitrogens is 7. The van der Waals surface area contributed by atoms with Gasteiger partial charge >= 0.3 is 0 Å². The van der Waals surface area contributed by atoms with Crippen LogP contribution in [-0.4, -0.2) is 48.4 Å². The van der Waals surface area contributed by atoms with Gasteiger partial charge in [-0.2, -0.15) is 4.98 Å². The van der Waals surface area contributed by atoms with E-state index >= 15 is 0 Å². The standard InChI is InChI=1S/C24H24ClFN8O2/c1-14(2)23-29-24(30-36-23)33-7-6-18(15(3)11-33)16-8-19(25)21(27-10-16)12-35-22-5-4-17(9-20(22)26)34-13-28-31-32-34/h4-6,8-10,13-15H,7,11-12H2,1-3H3. The maximum atomic E-state index is 14.5. The third kappa shape index (κ3) is 4.92. The molecule has 0 radical (unpaired) electrons. The smallest absolute Gasteiger partial charge is 0.266 e. The molecule has 5 rings (SSSR count). The van der Waals surface area contributed by atoms with Gasteiger partial charge in [0.25, 0.3) is 5.95 Å². The van der Waals surface area contributed by atoms with Gasteiger partial charge in [-0.25, -0.2) is 9.07 Å². The van der Waals surface area contributed by atoms with Crippen molar-refractivity contribution in [1.82, 2.24) is 35.3 Å². The Morgan fingerprint density at radius 1 is 1.28 bits per heavy atom. The molecule has 10 nitrogen and oxygen atoms in total. The maximum Gasteiger partial charge on any atom is 0.266 e. The summed E-state index contributed by atoms with van der Waals surface area (Å²) in [6.45, 7) is 7.59. The summed E-state index contributed by atoms with van der Waals surface area (Å²) in [4.78, 5) is 11.1. The first-order valence-corrected chi connectivity index (χ1v) is 11.9. The fraction of sp³-hybridized carbons (Fsp3) is 0.333. The number of hydrogen-bond donors (Lipinski definition) is 0. The molecule has 4 heterocycles. The minimum absolute atomic E-state index is 0.0264. The lowest BCUT2D eigenvalue weighted by Gasteiger charge is -2.30. The van der Waals surface area contributed by atoms with Crippen LogP contribution in [0, 0.1) is 11.7 Å². The van der Waals surface area contributed by atoms with E-state index < -0.39 is 5.82 Å². The van der Waals surface area contributed by atoms with Gasteiger partial charge in [-0.15, -0.1) is 5.10 Å². The Balaban J connectivity index is 1.25. The van der Waals surface area contributed by atoms with Gasteiger partial charge in [-0.3, -0.25) is 4.98 Å². The van der Waals surface area contributed by atoms with E-state index in [0.717, 1.165) is 17.7 Å². The van der Waals surface area contributed by atoms with Crippen molar-refractivity contribution in [2.24, 2.45) is 5.92 Å². The second-order valence-corrected chi connectivity index (χ2v) is 9.27. The normalized spacial score (nSPS) is 15.9. The predicted molar refractivity (Wildman–Crippen MR) is 130 cm³/mol. The molecule has 0 aliphatic carbocycles. The first-order chi connectivity index (χ1) is 17.4. The summed E-state index contributed by atoms with van der Waals surface area (Å²) in [6.07, 6.45) is 5.28. The van der Waals surface area contributed by atoms with Gasteiger partial charge in [0.1, 0.15) is 12.9 Å². The molecule has 0 N–H and O–H groups in total. The van der Waals surface area contributed by atoms with E-state index in [1.807, 2.05) is 19.9 Å². The molecule has 0 spiro atoms. The molecule has 0 saturated carbocycles. The van der Waals surface area contributed by atoms with Gasteiger partial charge in [-0.05, 0) is 50.8 Å². The topological polar surface area (TPSA) is 108 Å². The molecule has 0 saturated heterocycles. The highest BCUT2D eigenvalue weighted by Gasteiger charge is 2.24. The Bertz CT molecular complexity index is 1390. The number of halogens is 2. The summed E-state index contributed by atoms with van der Waals surface area (Å²) in [5.41, 5.74) is 3.08. The summed E-state index contributed by atoms with van der Waals surface area (Å²) in [5.74, 6) is 1.16. The van der Waals surface area contributed by atoms with Crippen LogP contribution in [0.3, 0.4) is 0 Å². The molecular weight excluding hydrogens is 487 g/mol. The van der Waals surface area contributed by atoms with Crippen molar-refractivity contribution in [3.8, 4) is 11.4 Å². The van der Waals surface area contributed by atoms with Gasteiger partial charge < -0.3 is 14.2 Å². The Morgan fingerprint density at radius 3 is 2.81 bits per heavy atom. The average Bonchev–Trinajstić information content (AvgIpc) is 3.57. The van der Waals surface area contributed by atoms with E-state index in [1.165, 1.54) is 23.1 Å². The Labute approximate surface area is 211 Å². The molecule has 4 aromatic rings. The second kappa shape index (κ2) is 10.0. The van der Waals surface area contributed by atoms with Gasteiger partial charge in [0, 0.05) is 31.3 Å². The molecule has 36 heavy (non-hydrogen) atoms. The van der Waals surface area contributed by atoms with Crippen molar-refractivity contribution in [2.45, 2.75) is 33.3 Å². The van der Waals surface area contributed by atoms with Gasteiger partial charge in [-0.1, -0.05) is 38.4 Å². The van der Waals surface area contributed by atoms with E-state index in [0.29, 0.717) is 34.8 Å². The number of benzene rings is 1. The van der Waals surface area contributed by atoms with Crippen molar-refractivity contribution in [3.63, 3.8) is 0 Å². The molecule has 3 aromatic heterocycles. The summed E-state index contributed by atoms with van der Waals surface area (Å²) < 4.78 is 26.8. The van der Waals surface area contributed by atoms with Crippen molar-refractivity contribution >= 4 is 23.1 Å². The van der Waals surface area contributed by atoms with Crippen molar-refractivity contribution in [1.29, 1.82) is 0 Å². The summed E-state index contributed by atoms with van der Waals surface area (Å²) in [6, 6.07) is 6.34. The van der Waals surface area contributed by atoms with Crippen LogP contribution in [0.2, 0.25) is 5.02 Å². The van der Waals surface area contributed by atoms with Gasteiger partial charge in [0.2, 0.25) is 5.89 Å². The lowest BCUT2D eigenvalue weighted by molar-refractivity contribution is 0.286. The number of hydrogen-bond acceptors (Lipinski definition) is 9. The molecule has 1 aliphatic rings. The maximum absolute atomic E-state index is 14.5. The number of ether oxygens (including phenoxy) is 1. The highest BCUT2D eigenvalue weighted by molar-refractivity contribution is 6.31. The van der Waals surface area contributed by atoms with E-state index in [2.05, 4.69) is 48.5 Å². The number of pyridine rings is 1. The van der Waals surface area contributed by atoms with Crippen molar-refractivity contribution in [3.05, 3.63) is 70.9 Å². The van der Waals surface area contributed by atoms with Crippen molar-refractivity contribution in [2.75, 3.05) is 18.0 Å². The molecule has 1 aliphatic heterocycles. The SMILES string of the molecule is CC1CN(c2noc(C(C)C)n2)CC=C1c1cnc(COc2ccc(-n3cnnn3)cc2F)c(Cl)c1. The van der Waals surface area contributed by atoms with Crippen LogP contribution in [0.15, 0.2) is 47.4 Å². The van der Waals surface area contributed by atoms with Gasteiger partial charge in [0.05, 0.1) is 16.4 Å². The monoisotopic (exact) mass is 510 g/mol. The highest BCUT2D eigenvalue weighted by Crippen LogP contribution is 2.31. The zero-order chi connectivity index (χ0) is 25.2. The second-order valence-electron chi connectivity index (χ2n) is 8.86. The Kier molecular flexibility index (Phi) is 6.64. The molecule has 0 fully saturated rings. The number of tetrazole rings is 1. The third-order valence-electron chi connectivity index (χ3n) is 5.91. The summed E-state index contributed by atoms with van der Waals surface area (Å²) in [5, 5.41) is 15.4. The fourth-order valence-electron chi connectivity index (χ4n) is 3.97. The molecule has 12 heteroatoms. The Hall–Kier alpha value is -3.86. The van der Waals surface area contributed by atoms with E-state index in [9.17, 15) is 4.39 Å². The quantitative estimate of drug-likeness (QED) is 0.355. The Morgan fingerprint density at radius 2 is 2.14 bits per heavy atom. The third-order valence-corrected chi connectivity index (χ3v) is 6.24. The highest BCUT2D eigenvalue weighted by atomic mass is 35.5. The van der Waals surface area contributed by atoms with Crippen molar-refractivity contribution < 1.29 is 13.7 Å². The zero-order valence-corrected chi connectivity index (χ0v) is 20.7. The van der Waals surface area contributed by atoms with Gasteiger partial charge in [0.15, 0.2) is 11.6 Å². The first-order valence-electron chi connectivity index (χ1n) is 11.5. The predicted octanol–water partition coefficient (Wildman–Crippen LogP) is 4.47.